The predicted octanol–water partition coefficient (Wildman–Crippen LogP) is 5.14. The monoisotopic (exact) mass is 209 g/mol. The minimum absolute atomic E-state index is 0.856. The Labute approximate surface area is 96.0 Å². The maximum atomic E-state index is 4.08. The van der Waals surface area contributed by atoms with E-state index in [2.05, 4.69) is 45.3 Å². The van der Waals surface area contributed by atoms with Crippen LogP contribution in [0.4, 0.5) is 0 Å². The van der Waals surface area contributed by atoms with Crippen molar-refractivity contribution in [2.45, 2.75) is 60.3 Å². The third-order valence-corrected chi connectivity index (χ3v) is 1.58. The van der Waals surface area contributed by atoms with Gasteiger partial charge in [0.15, 0.2) is 0 Å². The van der Waals surface area contributed by atoms with Crippen LogP contribution < -0.4 is 0 Å². The number of allylic oxidation sites excluding steroid dienone is 3. The van der Waals surface area contributed by atoms with Gasteiger partial charge in [0.25, 0.3) is 0 Å². The standard InChI is InChI=1S/C11H19N.C3H8/c1-5-6-7-11(4)8-9-12-10(2)3;1-3-2/h8-9H,2,5-7H2,1,3-4H3;3H2,1-2H3/b11-8+,12-9?;. The molecule has 0 aromatic heterocycles. The van der Waals surface area contributed by atoms with Crippen LogP contribution in [0.3, 0.4) is 0 Å². The zero-order valence-electron chi connectivity index (χ0n) is 11.1. The van der Waals surface area contributed by atoms with Crippen LogP contribution in [0, 0.1) is 0 Å². The van der Waals surface area contributed by atoms with Gasteiger partial charge < -0.3 is 0 Å². The fourth-order valence-electron chi connectivity index (χ4n) is 0.831. The van der Waals surface area contributed by atoms with E-state index in [0.29, 0.717) is 0 Å². The van der Waals surface area contributed by atoms with Crippen LogP contribution in [-0.2, 0) is 0 Å². The Morgan fingerprint density at radius 3 is 2.13 bits per heavy atom. The molecule has 0 N–H and O–H groups in total. The zero-order chi connectivity index (χ0) is 12.1. The molecule has 0 aliphatic rings. The second-order valence-corrected chi connectivity index (χ2v) is 3.84. The average Bonchev–Trinajstić information content (AvgIpc) is 2.15. The molecule has 0 heterocycles. The molecule has 0 saturated heterocycles. The third kappa shape index (κ3) is 19.5. The number of aliphatic imine (C=N–C) groups is 1. The lowest BCUT2D eigenvalue weighted by molar-refractivity contribution is 0.788. The number of nitrogens with zero attached hydrogens (tertiary/aromatic N) is 1. The molecule has 0 atom stereocenters. The van der Waals surface area contributed by atoms with E-state index < -0.39 is 0 Å². The molecule has 0 spiro atoms. The molecule has 0 aliphatic carbocycles. The highest BCUT2D eigenvalue weighted by molar-refractivity contribution is 5.72. The molecule has 0 aliphatic heterocycles. The van der Waals surface area contributed by atoms with Crippen molar-refractivity contribution in [1.82, 2.24) is 0 Å². The minimum Gasteiger partial charge on any atom is -0.262 e. The molecule has 0 rings (SSSR count). The normalized spacial score (nSPS) is 11.1. The van der Waals surface area contributed by atoms with Gasteiger partial charge in [0.05, 0.1) is 0 Å². The minimum atomic E-state index is 0.856. The molecule has 0 bridgehead atoms. The Bertz CT molecular complexity index is 199. The van der Waals surface area contributed by atoms with E-state index in [1.165, 1.54) is 31.3 Å². The van der Waals surface area contributed by atoms with Crippen molar-refractivity contribution in [2.24, 2.45) is 4.99 Å². The molecule has 0 amide bonds. The van der Waals surface area contributed by atoms with Crippen molar-refractivity contribution in [3.63, 3.8) is 0 Å². The molecule has 0 aromatic rings. The summed E-state index contributed by atoms with van der Waals surface area (Å²) in [6.45, 7) is 14.2. The van der Waals surface area contributed by atoms with Crippen molar-refractivity contribution >= 4 is 6.21 Å². The van der Waals surface area contributed by atoms with E-state index in [0.717, 1.165) is 5.70 Å². The largest absolute Gasteiger partial charge is 0.262 e. The van der Waals surface area contributed by atoms with E-state index in [-0.39, 0.29) is 0 Å². The highest BCUT2D eigenvalue weighted by Gasteiger charge is 1.86. The zero-order valence-corrected chi connectivity index (χ0v) is 11.1. The first-order valence-corrected chi connectivity index (χ1v) is 5.93. The van der Waals surface area contributed by atoms with Gasteiger partial charge in [0.2, 0.25) is 0 Å². The Morgan fingerprint density at radius 1 is 1.20 bits per heavy atom. The maximum absolute atomic E-state index is 4.08. The Kier molecular flexibility index (Phi) is 14.5. The SMILES string of the molecule is C=C(C)N=C/C=C(\C)CCCC.CCC. The Morgan fingerprint density at radius 2 is 1.73 bits per heavy atom. The summed E-state index contributed by atoms with van der Waals surface area (Å²) in [7, 11) is 0. The van der Waals surface area contributed by atoms with Crippen LogP contribution in [0.2, 0.25) is 0 Å². The molecule has 0 fully saturated rings. The summed E-state index contributed by atoms with van der Waals surface area (Å²) in [5, 5.41) is 0. The van der Waals surface area contributed by atoms with Gasteiger partial charge in [-0.1, -0.05) is 45.8 Å². The summed E-state index contributed by atoms with van der Waals surface area (Å²) in [6, 6.07) is 0. The summed E-state index contributed by atoms with van der Waals surface area (Å²) in [6.07, 6.45) is 8.84. The van der Waals surface area contributed by atoms with E-state index in [4.69, 9.17) is 0 Å². The molecule has 0 radical (unpaired) electrons. The average molecular weight is 209 g/mol. The van der Waals surface area contributed by atoms with Crippen molar-refractivity contribution < 1.29 is 0 Å². The van der Waals surface area contributed by atoms with E-state index in [1.807, 2.05) is 13.1 Å². The Balaban J connectivity index is 0. The summed E-state index contributed by atoms with van der Waals surface area (Å²) in [5.74, 6) is 0. The van der Waals surface area contributed by atoms with Gasteiger partial charge in [-0.2, -0.15) is 0 Å². The van der Waals surface area contributed by atoms with Gasteiger partial charge in [-0.3, -0.25) is 4.99 Å². The predicted molar refractivity (Wildman–Crippen MR) is 72.6 cm³/mol. The quantitative estimate of drug-likeness (QED) is 0.556. The summed E-state index contributed by atoms with van der Waals surface area (Å²) in [5.41, 5.74) is 2.25. The lowest BCUT2D eigenvalue weighted by Crippen LogP contribution is -1.78. The topological polar surface area (TPSA) is 12.4 Å². The first-order chi connectivity index (χ1) is 7.08. The van der Waals surface area contributed by atoms with Crippen LogP contribution in [0.1, 0.15) is 60.3 Å². The lowest BCUT2D eigenvalue weighted by Gasteiger charge is -1.95. The highest BCUT2D eigenvalue weighted by atomic mass is 14.7. The fourth-order valence-corrected chi connectivity index (χ4v) is 0.831. The molecule has 1 heteroatoms. The summed E-state index contributed by atoms with van der Waals surface area (Å²) >= 11 is 0. The number of unbranched alkanes of at least 4 members (excludes halogenated alkanes) is 1. The summed E-state index contributed by atoms with van der Waals surface area (Å²) < 4.78 is 0. The maximum Gasteiger partial charge on any atom is 0.0300 e. The van der Waals surface area contributed by atoms with Crippen LogP contribution in [0.15, 0.2) is 28.9 Å². The highest BCUT2D eigenvalue weighted by Crippen LogP contribution is 2.04. The van der Waals surface area contributed by atoms with Crippen LogP contribution in [0.25, 0.3) is 0 Å². The van der Waals surface area contributed by atoms with Crippen LogP contribution >= 0.6 is 0 Å². The summed E-state index contributed by atoms with van der Waals surface area (Å²) in [4.78, 5) is 4.08. The van der Waals surface area contributed by atoms with Gasteiger partial charge in [-0.25, -0.2) is 0 Å². The van der Waals surface area contributed by atoms with Gasteiger partial charge >= 0.3 is 0 Å². The van der Waals surface area contributed by atoms with Gasteiger partial charge in [-0.15, -0.1) is 0 Å². The number of rotatable bonds is 5. The van der Waals surface area contributed by atoms with Crippen LogP contribution in [0.5, 0.6) is 0 Å². The van der Waals surface area contributed by atoms with Crippen molar-refractivity contribution in [2.75, 3.05) is 0 Å². The number of hydrogen-bond donors (Lipinski definition) is 0. The van der Waals surface area contributed by atoms with E-state index >= 15 is 0 Å². The van der Waals surface area contributed by atoms with Gasteiger partial charge in [0, 0.05) is 11.9 Å². The molecule has 15 heavy (non-hydrogen) atoms. The molecule has 0 unspecified atom stereocenters. The van der Waals surface area contributed by atoms with Crippen LogP contribution in [-0.4, -0.2) is 6.21 Å². The third-order valence-electron chi connectivity index (χ3n) is 1.58. The first-order valence-electron chi connectivity index (χ1n) is 5.93. The molecule has 1 nitrogen and oxygen atoms in total. The molecule has 0 aromatic carbocycles. The number of hydrogen-bond acceptors (Lipinski definition) is 1. The van der Waals surface area contributed by atoms with Gasteiger partial charge in [-0.05, 0) is 32.8 Å². The molecule has 88 valence electrons. The first kappa shape index (κ1) is 16.6. The van der Waals surface area contributed by atoms with Crippen molar-refractivity contribution in [3.8, 4) is 0 Å². The molecule has 0 saturated carbocycles. The second-order valence-electron chi connectivity index (χ2n) is 3.84. The molecular formula is C14H27N. The fraction of sp³-hybridized carbons (Fsp3) is 0.643. The van der Waals surface area contributed by atoms with Gasteiger partial charge in [0.1, 0.15) is 0 Å². The van der Waals surface area contributed by atoms with Crippen molar-refractivity contribution in [3.05, 3.63) is 23.9 Å². The van der Waals surface area contributed by atoms with E-state index in [1.54, 1.807) is 0 Å². The molecular weight excluding hydrogens is 182 g/mol. The Hall–Kier alpha value is -0.850. The smallest absolute Gasteiger partial charge is 0.0300 e. The van der Waals surface area contributed by atoms with Crippen molar-refractivity contribution in [1.29, 1.82) is 0 Å². The van der Waals surface area contributed by atoms with E-state index in [9.17, 15) is 0 Å². The lowest BCUT2D eigenvalue weighted by atomic mass is 10.1. The second kappa shape index (κ2) is 13.2.